The summed E-state index contributed by atoms with van der Waals surface area (Å²) < 4.78 is 13.0. The topological polar surface area (TPSA) is 72.5 Å². The van der Waals surface area contributed by atoms with E-state index in [1.807, 2.05) is 62.5 Å². The standard InChI is InChI=1S/C21H24N4O3S/c1-4-27-18-8-6-5-7-17(18)20-23-25(21(29)28-20)14-24(3)13-15-9-11-16(12-10-15)19(26)22-2/h5-12H,4,13-14H2,1-3H3,(H,22,26). The minimum Gasteiger partial charge on any atom is -0.493 e. The van der Waals surface area contributed by atoms with Gasteiger partial charge >= 0.3 is 0 Å². The molecule has 0 spiro atoms. The van der Waals surface area contributed by atoms with Gasteiger partial charge in [-0.1, -0.05) is 24.3 Å². The molecular weight excluding hydrogens is 388 g/mol. The van der Waals surface area contributed by atoms with Crippen molar-refractivity contribution in [3.63, 3.8) is 0 Å². The molecule has 1 aromatic heterocycles. The van der Waals surface area contributed by atoms with Crippen LogP contribution in [0.1, 0.15) is 22.8 Å². The quantitative estimate of drug-likeness (QED) is 0.569. The largest absolute Gasteiger partial charge is 0.493 e. The second kappa shape index (κ2) is 9.49. The molecule has 0 radical (unpaired) electrons. The van der Waals surface area contributed by atoms with Crippen LogP contribution in [-0.4, -0.2) is 41.3 Å². The Bertz CT molecular complexity index is 1030. The molecule has 0 saturated heterocycles. The number of nitrogens with one attached hydrogen (secondary N) is 1. The molecule has 3 rings (SSSR count). The zero-order valence-corrected chi connectivity index (χ0v) is 17.5. The predicted octanol–water partition coefficient (Wildman–Crippen LogP) is 3.72. The van der Waals surface area contributed by atoms with Gasteiger partial charge in [0.25, 0.3) is 16.6 Å². The van der Waals surface area contributed by atoms with Crippen LogP contribution in [0, 0.1) is 4.84 Å². The van der Waals surface area contributed by atoms with Crippen molar-refractivity contribution in [3.8, 4) is 17.2 Å². The van der Waals surface area contributed by atoms with E-state index in [2.05, 4.69) is 15.3 Å². The van der Waals surface area contributed by atoms with Crippen LogP contribution >= 0.6 is 12.2 Å². The summed E-state index contributed by atoms with van der Waals surface area (Å²) in [4.78, 5) is 14.0. The van der Waals surface area contributed by atoms with Gasteiger partial charge in [-0.25, -0.2) is 4.68 Å². The van der Waals surface area contributed by atoms with Crippen molar-refractivity contribution < 1.29 is 13.9 Å². The molecule has 0 saturated carbocycles. The van der Waals surface area contributed by atoms with Crippen molar-refractivity contribution in [1.29, 1.82) is 0 Å². The minimum atomic E-state index is -0.0985. The summed E-state index contributed by atoms with van der Waals surface area (Å²) in [6.45, 7) is 3.63. The molecule has 0 aliphatic rings. The van der Waals surface area contributed by atoms with Crippen LogP contribution in [0.3, 0.4) is 0 Å². The van der Waals surface area contributed by atoms with Crippen LogP contribution < -0.4 is 10.1 Å². The molecule has 0 bridgehead atoms. The number of para-hydroxylation sites is 1. The van der Waals surface area contributed by atoms with Gasteiger partial charge in [0.1, 0.15) is 5.75 Å². The summed E-state index contributed by atoms with van der Waals surface area (Å²) in [5, 5.41) is 7.14. The number of carbonyl (C=O) groups excluding carboxylic acids is 1. The van der Waals surface area contributed by atoms with E-state index in [-0.39, 0.29) is 5.91 Å². The van der Waals surface area contributed by atoms with Crippen molar-refractivity contribution >= 4 is 18.1 Å². The normalized spacial score (nSPS) is 10.9. The van der Waals surface area contributed by atoms with Crippen molar-refractivity contribution in [1.82, 2.24) is 20.0 Å². The number of hydrogen-bond acceptors (Lipinski definition) is 6. The first-order valence-electron chi connectivity index (χ1n) is 9.31. The summed E-state index contributed by atoms with van der Waals surface area (Å²) in [5.41, 5.74) is 2.49. The van der Waals surface area contributed by atoms with Crippen LogP contribution in [0.15, 0.2) is 52.9 Å². The molecule has 0 aliphatic carbocycles. The van der Waals surface area contributed by atoms with E-state index in [9.17, 15) is 4.79 Å². The van der Waals surface area contributed by atoms with E-state index in [0.717, 1.165) is 11.1 Å². The van der Waals surface area contributed by atoms with E-state index in [4.69, 9.17) is 21.4 Å². The van der Waals surface area contributed by atoms with Crippen LogP contribution in [0.5, 0.6) is 5.75 Å². The van der Waals surface area contributed by atoms with E-state index in [1.54, 1.807) is 11.7 Å². The van der Waals surface area contributed by atoms with Gasteiger partial charge in [0.05, 0.1) is 18.8 Å². The molecule has 29 heavy (non-hydrogen) atoms. The Morgan fingerprint density at radius 2 is 1.97 bits per heavy atom. The first kappa shape index (κ1) is 20.8. The van der Waals surface area contributed by atoms with Gasteiger partial charge in [-0.05, 0) is 56.0 Å². The Kier molecular flexibility index (Phi) is 6.79. The highest BCUT2D eigenvalue weighted by Crippen LogP contribution is 2.28. The van der Waals surface area contributed by atoms with Gasteiger partial charge in [-0.2, -0.15) is 0 Å². The second-order valence-corrected chi connectivity index (χ2v) is 6.88. The van der Waals surface area contributed by atoms with Crippen molar-refractivity contribution in [2.45, 2.75) is 20.1 Å². The molecule has 3 aromatic rings. The van der Waals surface area contributed by atoms with Crippen LogP contribution in [0.4, 0.5) is 0 Å². The fourth-order valence-corrected chi connectivity index (χ4v) is 3.10. The average molecular weight is 413 g/mol. The number of amides is 1. The van der Waals surface area contributed by atoms with Gasteiger partial charge in [-0.15, -0.1) is 5.10 Å². The van der Waals surface area contributed by atoms with Gasteiger partial charge in [0, 0.05) is 19.2 Å². The fourth-order valence-electron chi connectivity index (χ4n) is 2.93. The monoisotopic (exact) mass is 412 g/mol. The third kappa shape index (κ3) is 5.10. The van der Waals surface area contributed by atoms with Crippen molar-refractivity contribution in [2.24, 2.45) is 0 Å². The number of benzene rings is 2. The van der Waals surface area contributed by atoms with Crippen LogP contribution in [0.2, 0.25) is 0 Å². The van der Waals surface area contributed by atoms with Crippen molar-refractivity contribution in [2.75, 3.05) is 20.7 Å². The zero-order valence-electron chi connectivity index (χ0n) is 16.7. The third-order valence-electron chi connectivity index (χ3n) is 4.29. The fraction of sp³-hybridized carbons (Fsp3) is 0.286. The number of aromatic nitrogens is 2. The maximum absolute atomic E-state index is 11.6. The number of hydrogen-bond donors (Lipinski definition) is 1. The summed E-state index contributed by atoms with van der Waals surface area (Å²) in [5.74, 6) is 1.05. The molecule has 1 heterocycles. The molecule has 7 nitrogen and oxygen atoms in total. The molecule has 2 aromatic carbocycles. The van der Waals surface area contributed by atoms with E-state index < -0.39 is 0 Å². The van der Waals surface area contributed by atoms with Gasteiger partial charge in [0.2, 0.25) is 0 Å². The SMILES string of the molecule is CCOc1ccccc1-c1nn(CN(C)Cc2ccc(C(=O)NC)cc2)c(=S)o1. The average Bonchev–Trinajstić information content (AvgIpc) is 3.08. The Morgan fingerprint density at radius 3 is 2.66 bits per heavy atom. The summed E-state index contributed by atoms with van der Waals surface area (Å²) in [6.07, 6.45) is 0. The Hall–Kier alpha value is -2.97. The lowest BCUT2D eigenvalue weighted by atomic mass is 10.1. The lowest BCUT2D eigenvalue weighted by Crippen LogP contribution is -2.22. The maximum Gasteiger partial charge on any atom is 0.288 e. The molecule has 8 heteroatoms. The number of ether oxygens (including phenoxy) is 1. The van der Waals surface area contributed by atoms with Gasteiger partial charge < -0.3 is 14.5 Å². The summed E-state index contributed by atoms with van der Waals surface area (Å²) >= 11 is 5.34. The predicted molar refractivity (Wildman–Crippen MR) is 113 cm³/mol. The lowest BCUT2D eigenvalue weighted by Gasteiger charge is -2.16. The number of nitrogens with zero attached hydrogens (tertiary/aromatic N) is 3. The summed E-state index contributed by atoms with van der Waals surface area (Å²) in [6, 6.07) is 15.1. The second-order valence-electron chi connectivity index (χ2n) is 6.53. The molecule has 0 unspecified atom stereocenters. The molecule has 1 amide bonds. The highest BCUT2D eigenvalue weighted by atomic mass is 32.1. The molecule has 1 N–H and O–H groups in total. The highest BCUT2D eigenvalue weighted by molar-refractivity contribution is 7.71. The molecule has 0 atom stereocenters. The Morgan fingerprint density at radius 1 is 1.24 bits per heavy atom. The number of rotatable bonds is 8. The third-order valence-corrected chi connectivity index (χ3v) is 4.59. The lowest BCUT2D eigenvalue weighted by molar-refractivity contribution is 0.0963. The minimum absolute atomic E-state index is 0.0985. The Labute approximate surface area is 174 Å². The molecule has 0 aliphatic heterocycles. The Balaban J connectivity index is 1.71. The van der Waals surface area contributed by atoms with E-state index in [1.165, 1.54) is 0 Å². The summed E-state index contributed by atoms with van der Waals surface area (Å²) in [7, 11) is 3.59. The van der Waals surface area contributed by atoms with E-state index >= 15 is 0 Å². The molecule has 152 valence electrons. The smallest absolute Gasteiger partial charge is 0.288 e. The molecular formula is C21H24N4O3S. The van der Waals surface area contributed by atoms with E-state index in [0.29, 0.717) is 41.9 Å². The van der Waals surface area contributed by atoms with Gasteiger partial charge in [0.15, 0.2) is 0 Å². The van der Waals surface area contributed by atoms with Crippen LogP contribution in [-0.2, 0) is 13.2 Å². The van der Waals surface area contributed by atoms with Gasteiger partial charge in [-0.3, -0.25) is 9.69 Å². The highest BCUT2D eigenvalue weighted by Gasteiger charge is 2.14. The maximum atomic E-state index is 11.6. The van der Waals surface area contributed by atoms with Crippen molar-refractivity contribution in [3.05, 3.63) is 64.5 Å². The number of carbonyl (C=O) groups is 1. The van der Waals surface area contributed by atoms with Crippen LogP contribution in [0.25, 0.3) is 11.5 Å². The first-order valence-corrected chi connectivity index (χ1v) is 9.72. The zero-order chi connectivity index (χ0) is 20.8. The molecule has 0 fully saturated rings. The first-order chi connectivity index (χ1) is 14.0.